The highest BCUT2D eigenvalue weighted by Crippen LogP contribution is 2.24. The minimum absolute atomic E-state index is 0.126. The number of hydrogen-bond acceptors (Lipinski definition) is 3. The number of likely N-dealkylation sites (tertiary alicyclic amines) is 1. The number of rotatable bonds is 7. The fourth-order valence-corrected chi connectivity index (χ4v) is 4.12. The van der Waals surface area contributed by atoms with E-state index in [1.807, 2.05) is 18.2 Å². The normalized spacial score (nSPS) is 14.0. The van der Waals surface area contributed by atoms with Crippen LogP contribution in [-0.2, 0) is 13.0 Å². The fourth-order valence-electron chi connectivity index (χ4n) is 4.12. The summed E-state index contributed by atoms with van der Waals surface area (Å²) in [5, 5.41) is 3.00. The number of carbonyl (C=O) groups excluding carboxylic acids is 1. The summed E-state index contributed by atoms with van der Waals surface area (Å²) in [4.78, 5) is 15.1. The standard InChI is InChI=1S/C27H31N3O/c1-20-4-10-23(11-5-20)24-12-13-25(26(28)18-24)27(31)29-15-14-21-6-8-22(9-7-21)19-30-16-2-3-17-30/h4-13,18H,2-3,14-17,19,28H2,1H3,(H,29,31). The zero-order valence-electron chi connectivity index (χ0n) is 18.2. The van der Waals surface area contributed by atoms with Crippen molar-refractivity contribution in [3.05, 3.63) is 89.0 Å². The molecule has 0 atom stereocenters. The Morgan fingerprint density at radius 2 is 1.55 bits per heavy atom. The second kappa shape index (κ2) is 9.80. The SMILES string of the molecule is Cc1ccc(-c2ccc(C(=O)NCCc3ccc(CN4CCCC4)cc3)c(N)c2)cc1. The summed E-state index contributed by atoms with van der Waals surface area (Å²) >= 11 is 0. The molecule has 1 saturated heterocycles. The topological polar surface area (TPSA) is 58.4 Å². The molecule has 0 saturated carbocycles. The predicted molar refractivity (Wildman–Crippen MR) is 128 cm³/mol. The van der Waals surface area contributed by atoms with E-state index in [1.165, 1.54) is 42.6 Å². The molecule has 1 heterocycles. The molecule has 3 aromatic rings. The van der Waals surface area contributed by atoms with Crippen molar-refractivity contribution >= 4 is 11.6 Å². The van der Waals surface area contributed by atoms with E-state index in [2.05, 4.69) is 65.7 Å². The minimum Gasteiger partial charge on any atom is -0.398 e. The number of benzene rings is 3. The zero-order chi connectivity index (χ0) is 21.6. The number of nitrogens with one attached hydrogen (secondary N) is 1. The molecule has 160 valence electrons. The third-order valence-corrected chi connectivity index (χ3v) is 6.01. The van der Waals surface area contributed by atoms with Crippen molar-refractivity contribution < 1.29 is 4.79 Å². The molecule has 0 spiro atoms. The number of aryl methyl sites for hydroxylation is 1. The highest BCUT2D eigenvalue weighted by Gasteiger charge is 2.12. The van der Waals surface area contributed by atoms with Crippen molar-refractivity contribution in [1.82, 2.24) is 10.2 Å². The average Bonchev–Trinajstić information content (AvgIpc) is 3.28. The smallest absolute Gasteiger partial charge is 0.253 e. The van der Waals surface area contributed by atoms with Crippen LogP contribution in [0.1, 0.15) is 39.9 Å². The average molecular weight is 414 g/mol. The molecule has 0 bridgehead atoms. The molecule has 3 aromatic carbocycles. The Labute approximate surface area is 185 Å². The van der Waals surface area contributed by atoms with Crippen LogP contribution in [0, 0.1) is 6.92 Å². The predicted octanol–water partition coefficient (Wildman–Crippen LogP) is 4.81. The van der Waals surface area contributed by atoms with Crippen LogP contribution in [0.2, 0.25) is 0 Å². The van der Waals surface area contributed by atoms with E-state index in [1.54, 1.807) is 0 Å². The van der Waals surface area contributed by atoms with Gasteiger partial charge in [0.2, 0.25) is 0 Å². The third kappa shape index (κ3) is 5.53. The van der Waals surface area contributed by atoms with Crippen LogP contribution >= 0.6 is 0 Å². The minimum atomic E-state index is -0.126. The molecule has 0 radical (unpaired) electrons. The molecule has 1 aliphatic heterocycles. The molecule has 0 aromatic heterocycles. The Hall–Kier alpha value is -3.11. The van der Waals surface area contributed by atoms with Crippen LogP contribution in [0.5, 0.6) is 0 Å². The van der Waals surface area contributed by atoms with Crippen LogP contribution in [0.4, 0.5) is 5.69 Å². The van der Waals surface area contributed by atoms with E-state index in [4.69, 9.17) is 5.73 Å². The Balaban J connectivity index is 1.29. The molecule has 31 heavy (non-hydrogen) atoms. The Morgan fingerprint density at radius 1 is 0.903 bits per heavy atom. The van der Waals surface area contributed by atoms with E-state index in [9.17, 15) is 4.79 Å². The van der Waals surface area contributed by atoms with Crippen LogP contribution in [0.15, 0.2) is 66.7 Å². The molecule has 3 N–H and O–H groups in total. The van der Waals surface area contributed by atoms with E-state index >= 15 is 0 Å². The summed E-state index contributed by atoms with van der Waals surface area (Å²) in [5.74, 6) is -0.126. The fraction of sp³-hybridized carbons (Fsp3) is 0.296. The zero-order valence-corrected chi connectivity index (χ0v) is 18.2. The van der Waals surface area contributed by atoms with Gasteiger partial charge in [-0.2, -0.15) is 0 Å². The Morgan fingerprint density at radius 3 is 2.23 bits per heavy atom. The molecule has 0 unspecified atom stereocenters. The summed E-state index contributed by atoms with van der Waals surface area (Å²) in [5.41, 5.74) is 13.1. The van der Waals surface area contributed by atoms with Gasteiger partial charge in [0.15, 0.2) is 0 Å². The second-order valence-electron chi connectivity index (χ2n) is 8.47. The first kappa shape index (κ1) is 21.1. The van der Waals surface area contributed by atoms with E-state index < -0.39 is 0 Å². The highest BCUT2D eigenvalue weighted by atomic mass is 16.1. The van der Waals surface area contributed by atoms with Gasteiger partial charge in [0, 0.05) is 18.8 Å². The van der Waals surface area contributed by atoms with Crippen LogP contribution < -0.4 is 11.1 Å². The lowest BCUT2D eigenvalue weighted by Crippen LogP contribution is -2.26. The summed E-state index contributed by atoms with van der Waals surface area (Å²) < 4.78 is 0. The van der Waals surface area contributed by atoms with Crippen LogP contribution in [-0.4, -0.2) is 30.4 Å². The summed E-state index contributed by atoms with van der Waals surface area (Å²) in [7, 11) is 0. The van der Waals surface area contributed by atoms with Gasteiger partial charge in [0.1, 0.15) is 0 Å². The molecule has 4 nitrogen and oxygen atoms in total. The second-order valence-corrected chi connectivity index (χ2v) is 8.47. The maximum atomic E-state index is 12.6. The number of nitrogens with zero attached hydrogens (tertiary/aromatic N) is 1. The number of nitrogens with two attached hydrogens (primary N) is 1. The van der Waals surface area contributed by atoms with Crippen molar-refractivity contribution in [2.75, 3.05) is 25.4 Å². The Bertz CT molecular complexity index is 1020. The maximum absolute atomic E-state index is 12.6. The monoisotopic (exact) mass is 413 g/mol. The van der Waals surface area contributed by atoms with Crippen LogP contribution in [0.25, 0.3) is 11.1 Å². The van der Waals surface area contributed by atoms with E-state index in [0.717, 1.165) is 24.1 Å². The summed E-state index contributed by atoms with van der Waals surface area (Å²) in [6.45, 7) is 6.11. The first-order valence-electron chi connectivity index (χ1n) is 11.1. The van der Waals surface area contributed by atoms with E-state index in [-0.39, 0.29) is 5.91 Å². The number of nitrogen functional groups attached to an aromatic ring is 1. The van der Waals surface area contributed by atoms with Crippen molar-refractivity contribution in [1.29, 1.82) is 0 Å². The third-order valence-electron chi connectivity index (χ3n) is 6.01. The number of carbonyl (C=O) groups is 1. The maximum Gasteiger partial charge on any atom is 0.253 e. The largest absolute Gasteiger partial charge is 0.398 e. The Kier molecular flexibility index (Phi) is 6.68. The molecule has 4 rings (SSSR count). The van der Waals surface area contributed by atoms with Crippen molar-refractivity contribution in [2.45, 2.75) is 32.7 Å². The molecule has 0 aliphatic carbocycles. The van der Waals surface area contributed by atoms with Gasteiger partial charge in [0.05, 0.1) is 5.56 Å². The van der Waals surface area contributed by atoms with Crippen molar-refractivity contribution in [3.63, 3.8) is 0 Å². The molecule has 4 heteroatoms. The van der Waals surface area contributed by atoms with Gasteiger partial charge in [0.25, 0.3) is 5.91 Å². The highest BCUT2D eigenvalue weighted by molar-refractivity contribution is 6.00. The number of hydrogen-bond donors (Lipinski definition) is 2. The van der Waals surface area contributed by atoms with Gasteiger partial charge in [-0.1, -0.05) is 60.2 Å². The van der Waals surface area contributed by atoms with Gasteiger partial charge in [-0.3, -0.25) is 9.69 Å². The van der Waals surface area contributed by atoms with Gasteiger partial charge >= 0.3 is 0 Å². The first-order chi connectivity index (χ1) is 15.1. The van der Waals surface area contributed by atoms with Gasteiger partial charge in [-0.25, -0.2) is 0 Å². The molecule has 1 aliphatic rings. The molecule has 1 fully saturated rings. The molecular weight excluding hydrogens is 382 g/mol. The van der Waals surface area contributed by atoms with E-state index in [0.29, 0.717) is 17.8 Å². The van der Waals surface area contributed by atoms with Gasteiger partial charge in [-0.05, 0) is 73.7 Å². The molecule has 1 amide bonds. The lowest BCUT2D eigenvalue weighted by atomic mass is 10.0. The lowest BCUT2D eigenvalue weighted by molar-refractivity contribution is 0.0955. The van der Waals surface area contributed by atoms with Crippen LogP contribution in [0.3, 0.4) is 0 Å². The summed E-state index contributed by atoms with van der Waals surface area (Å²) in [6, 6.07) is 22.7. The first-order valence-corrected chi connectivity index (χ1v) is 11.1. The lowest BCUT2D eigenvalue weighted by Gasteiger charge is -2.14. The van der Waals surface area contributed by atoms with Crippen molar-refractivity contribution in [3.8, 4) is 11.1 Å². The molecular formula is C27H31N3O. The quantitative estimate of drug-likeness (QED) is 0.547. The van der Waals surface area contributed by atoms with Crippen molar-refractivity contribution in [2.24, 2.45) is 0 Å². The number of amides is 1. The van der Waals surface area contributed by atoms with Gasteiger partial charge < -0.3 is 11.1 Å². The summed E-state index contributed by atoms with van der Waals surface area (Å²) in [6.07, 6.45) is 3.44. The van der Waals surface area contributed by atoms with Gasteiger partial charge in [-0.15, -0.1) is 0 Å². The number of anilines is 1.